The molecule has 0 saturated heterocycles. The van der Waals surface area contributed by atoms with E-state index in [0.717, 1.165) is 20.3 Å². The molecule has 3 aromatic carbocycles. The zero-order valence-corrected chi connectivity index (χ0v) is 20.6. The molecule has 8 heteroatoms. The normalized spacial score (nSPS) is 14.8. The summed E-state index contributed by atoms with van der Waals surface area (Å²) >= 11 is 8.46. The van der Waals surface area contributed by atoms with E-state index in [1.54, 1.807) is 12.1 Å². The highest BCUT2D eigenvalue weighted by atomic mass is 127. The number of hydrogen-bond acceptors (Lipinski definition) is 6. The van der Waals surface area contributed by atoms with E-state index >= 15 is 0 Å². The molecular formula is C25H20ClIN2O4. The van der Waals surface area contributed by atoms with E-state index in [9.17, 15) is 10.4 Å². The van der Waals surface area contributed by atoms with Gasteiger partial charge >= 0.3 is 0 Å². The van der Waals surface area contributed by atoms with Gasteiger partial charge in [-0.15, -0.1) is 0 Å². The van der Waals surface area contributed by atoms with Gasteiger partial charge in [0.15, 0.2) is 11.5 Å². The van der Waals surface area contributed by atoms with Gasteiger partial charge in [0.2, 0.25) is 5.88 Å². The van der Waals surface area contributed by atoms with E-state index < -0.39 is 5.92 Å². The number of halogens is 2. The highest BCUT2D eigenvalue weighted by molar-refractivity contribution is 14.1. The summed E-state index contributed by atoms with van der Waals surface area (Å²) in [6.07, 6.45) is 0. The fraction of sp³-hybridized carbons (Fsp3) is 0.160. The van der Waals surface area contributed by atoms with Gasteiger partial charge in [0, 0.05) is 22.2 Å². The maximum atomic E-state index is 9.87. The molecule has 6 nitrogen and oxygen atoms in total. The first kappa shape index (κ1) is 23.1. The zero-order valence-electron chi connectivity index (χ0n) is 17.6. The summed E-state index contributed by atoms with van der Waals surface area (Å²) in [4.78, 5) is 0. The Morgan fingerprint density at radius 1 is 1.18 bits per heavy atom. The molecule has 168 valence electrons. The number of hydrogen-bond donors (Lipinski definition) is 2. The lowest BCUT2D eigenvalue weighted by molar-refractivity contribution is 0.267. The lowest BCUT2D eigenvalue weighted by Gasteiger charge is -2.27. The van der Waals surface area contributed by atoms with E-state index in [4.69, 9.17) is 31.5 Å². The van der Waals surface area contributed by atoms with Crippen molar-refractivity contribution in [2.24, 2.45) is 5.73 Å². The van der Waals surface area contributed by atoms with Gasteiger partial charge in [-0.1, -0.05) is 35.9 Å². The molecule has 3 N–H and O–H groups in total. The highest BCUT2D eigenvalue weighted by Gasteiger charge is 2.32. The van der Waals surface area contributed by atoms with Crippen LogP contribution in [0.2, 0.25) is 5.02 Å². The number of benzene rings is 3. The van der Waals surface area contributed by atoms with Crippen molar-refractivity contribution in [3.8, 4) is 29.1 Å². The number of nitrogens with zero attached hydrogens (tertiary/aromatic N) is 1. The monoisotopic (exact) mass is 574 g/mol. The van der Waals surface area contributed by atoms with Gasteiger partial charge in [-0.2, -0.15) is 5.26 Å². The fourth-order valence-electron chi connectivity index (χ4n) is 3.71. The third-order valence-corrected chi connectivity index (χ3v) is 6.37. The molecule has 1 heterocycles. The van der Waals surface area contributed by atoms with Gasteiger partial charge in [-0.05, 0) is 59.3 Å². The van der Waals surface area contributed by atoms with E-state index in [1.807, 2.05) is 43.3 Å². The maximum Gasteiger partial charge on any atom is 0.205 e. The van der Waals surface area contributed by atoms with Crippen LogP contribution < -0.4 is 19.9 Å². The van der Waals surface area contributed by atoms with Crippen molar-refractivity contribution in [3.05, 3.63) is 91.3 Å². The average Bonchev–Trinajstić information content (AvgIpc) is 2.78. The summed E-state index contributed by atoms with van der Waals surface area (Å²) in [7, 11) is 0. The minimum atomic E-state index is -0.482. The predicted octanol–water partition coefficient (Wildman–Crippen LogP) is 5.85. The third-order valence-electron chi connectivity index (χ3n) is 5.20. The first-order chi connectivity index (χ1) is 15.9. The lowest BCUT2D eigenvalue weighted by atomic mass is 9.83. The molecule has 4 rings (SSSR count). The Morgan fingerprint density at radius 2 is 1.97 bits per heavy atom. The topological polar surface area (TPSA) is 97.7 Å². The van der Waals surface area contributed by atoms with Crippen molar-refractivity contribution < 1.29 is 19.3 Å². The second-order valence-electron chi connectivity index (χ2n) is 7.29. The Morgan fingerprint density at radius 3 is 2.70 bits per heavy atom. The van der Waals surface area contributed by atoms with Crippen LogP contribution in [-0.2, 0) is 6.61 Å². The minimum absolute atomic E-state index is 0.00705. The standard InChI is InChI=1S/C25H20ClIN2O4/c1-2-31-22-10-15(9-20(27)24(22)32-13-14-5-3-4-6-19(14)26)23-17-8-7-16(30)11-21(17)33-25(29)18(23)12-28/h3-11,23,30H,2,13,29H2,1H3/t23-/m0/s1. The summed E-state index contributed by atoms with van der Waals surface area (Å²) in [5.74, 6) is 1.12. The highest BCUT2D eigenvalue weighted by Crippen LogP contribution is 2.46. The summed E-state index contributed by atoms with van der Waals surface area (Å²) in [6, 6.07) is 18.2. The molecule has 1 atom stereocenters. The number of phenolic OH excluding ortho intramolecular Hbond substituents is 1. The smallest absolute Gasteiger partial charge is 0.205 e. The number of fused-ring (bicyclic) bond motifs is 1. The van der Waals surface area contributed by atoms with Crippen molar-refractivity contribution in [1.82, 2.24) is 0 Å². The molecule has 3 aromatic rings. The van der Waals surface area contributed by atoms with Gasteiger partial charge in [0.1, 0.15) is 29.7 Å². The summed E-state index contributed by atoms with van der Waals surface area (Å²) < 4.78 is 18.4. The van der Waals surface area contributed by atoms with Crippen LogP contribution in [0.1, 0.15) is 29.5 Å². The van der Waals surface area contributed by atoms with Gasteiger partial charge in [0.05, 0.1) is 16.1 Å². The molecule has 1 aliphatic rings. The van der Waals surface area contributed by atoms with Crippen LogP contribution >= 0.6 is 34.2 Å². The second kappa shape index (κ2) is 9.81. The SMILES string of the molecule is CCOc1cc([C@@H]2C(C#N)=C(N)Oc3cc(O)ccc32)cc(I)c1OCc1ccccc1Cl. The largest absolute Gasteiger partial charge is 0.508 e. The van der Waals surface area contributed by atoms with Crippen LogP contribution in [-0.4, -0.2) is 11.7 Å². The molecule has 0 unspecified atom stereocenters. The van der Waals surface area contributed by atoms with Crippen LogP contribution in [0.4, 0.5) is 0 Å². The Balaban J connectivity index is 1.77. The van der Waals surface area contributed by atoms with Gasteiger partial charge in [0.25, 0.3) is 0 Å². The molecular weight excluding hydrogens is 555 g/mol. The maximum absolute atomic E-state index is 9.87. The first-order valence-electron chi connectivity index (χ1n) is 10.2. The number of nitrogens with two attached hydrogens (primary N) is 1. The molecule has 33 heavy (non-hydrogen) atoms. The second-order valence-corrected chi connectivity index (χ2v) is 8.86. The van der Waals surface area contributed by atoms with Crippen molar-refractivity contribution in [1.29, 1.82) is 5.26 Å². The van der Waals surface area contributed by atoms with Crippen molar-refractivity contribution in [2.45, 2.75) is 19.4 Å². The molecule has 0 bridgehead atoms. The van der Waals surface area contributed by atoms with E-state index in [-0.39, 0.29) is 23.8 Å². The third kappa shape index (κ3) is 4.68. The summed E-state index contributed by atoms with van der Waals surface area (Å²) in [6.45, 7) is 2.61. The van der Waals surface area contributed by atoms with Crippen LogP contribution in [0, 0.1) is 14.9 Å². The Kier molecular flexibility index (Phi) is 6.86. The van der Waals surface area contributed by atoms with Crippen LogP contribution in [0.15, 0.2) is 66.1 Å². The molecule has 0 aliphatic carbocycles. The summed E-state index contributed by atoms with van der Waals surface area (Å²) in [5, 5.41) is 20.3. The summed E-state index contributed by atoms with van der Waals surface area (Å²) in [5.41, 5.74) is 8.73. The van der Waals surface area contributed by atoms with Gasteiger partial charge < -0.3 is 25.1 Å². The molecule has 0 saturated carbocycles. The molecule has 0 radical (unpaired) electrons. The number of nitriles is 1. The quantitative estimate of drug-likeness (QED) is 0.359. The number of aromatic hydroxyl groups is 1. The molecule has 0 aromatic heterocycles. The van der Waals surface area contributed by atoms with Gasteiger partial charge in [-0.25, -0.2) is 0 Å². The van der Waals surface area contributed by atoms with Crippen molar-refractivity contribution in [2.75, 3.05) is 6.61 Å². The number of allylic oxidation sites excluding steroid dienone is 1. The van der Waals surface area contributed by atoms with E-state index in [1.165, 1.54) is 6.07 Å². The Hall–Kier alpha value is -3.09. The number of rotatable bonds is 6. The van der Waals surface area contributed by atoms with Crippen LogP contribution in [0.3, 0.4) is 0 Å². The van der Waals surface area contributed by atoms with E-state index in [0.29, 0.717) is 28.9 Å². The lowest BCUT2D eigenvalue weighted by Crippen LogP contribution is -2.21. The van der Waals surface area contributed by atoms with Gasteiger partial charge in [-0.3, -0.25) is 0 Å². The molecule has 0 fully saturated rings. The van der Waals surface area contributed by atoms with Crippen LogP contribution in [0.5, 0.6) is 23.0 Å². The number of ether oxygens (including phenoxy) is 3. The van der Waals surface area contributed by atoms with Crippen molar-refractivity contribution in [3.63, 3.8) is 0 Å². The van der Waals surface area contributed by atoms with E-state index in [2.05, 4.69) is 28.7 Å². The van der Waals surface area contributed by atoms with Crippen LogP contribution in [0.25, 0.3) is 0 Å². The minimum Gasteiger partial charge on any atom is -0.508 e. The molecule has 0 spiro atoms. The Bertz CT molecular complexity index is 1290. The molecule has 1 aliphatic heterocycles. The fourth-order valence-corrected chi connectivity index (χ4v) is 4.68. The zero-order chi connectivity index (χ0) is 23.5. The van der Waals surface area contributed by atoms with Crippen molar-refractivity contribution >= 4 is 34.2 Å². The average molecular weight is 575 g/mol. The number of phenols is 1. The predicted molar refractivity (Wildman–Crippen MR) is 134 cm³/mol. The molecule has 0 amide bonds. The first-order valence-corrected chi connectivity index (χ1v) is 11.6. The Labute approximate surface area is 210 Å².